The molecule has 0 aromatic heterocycles. The molecular formula is C21H29NO4S. The van der Waals surface area contributed by atoms with E-state index in [9.17, 15) is 13.2 Å². The molecule has 1 aromatic carbocycles. The zero-order valence-corrected chi connectivity index (χ0v) is 16.8. The van der Waals surface area contributed by atoms with Gasteiger partial charge < -0.3 is 4.74 Å². The minimum atomic E-state index is -3.43. The molecule has 1 saturated heterocycles. The summed E-state index contributed by atoms with van der Waals surface area (Å²) >= 11 is 0. The zero-order valence-electron chi connectivity index (χ0n) is 16.0. The minimum absolute atomic E-state index is 0.168. The summed E-state index contributed by atoms with van der Waals surface area (Å²) in [6, 6.07) is 6.62. The van der Waals surface area contributed by atoms with Gasteiger partial charge in [0.2, 0.25) is 10.0 Å². The Labute approximate surface area is 162 Å². The molecule has 6 heteroatoms. The molecule has 0 amide bonds. The van der Waals surface area contributed by atoms with Crippen molar-refractivity contribution in [2.24, 2.45) is 11.8 Å². The lowest BCUT2D eigenvalue weighted by atomic mass is 9.85. The molecule has 0 spiro atoms. The molecule has 1 aliphatic carbocycles. The summed E-state index contributed by atoms with van der Waals surface area (Å²) in [5.74, 6) is 0.654. The van der Waals surface area contributed by atoms with Gasteiger partial charge in [-0.1, -0.05) is 37.6 Å². The van der Waals surface area contributed by atoms with Crippen molar-refractivity contribution in [1.82, 2.24) is 4.31 Å². The van der Waals surface area contributed by atoms with Crippen LogP contribution in [0.5, 0.6) is 0 Å². The smallest absolute Gasteiger partial charge is 0.310 e. The minimum Gasteiger partial charge on any atom is -0.465 e. The standard InChI is InChI=1S/C21H29NO4S/c1-17-7-3-4-8-19(17)16-26-21(23)15-18-9-11-20(12-10-18)27(24,25)22-13-5-2-6-14-22/h3-4,9-12,17,19H,2,5-8,13-16H2,1H3. The number of carbonyl (C=O) groups excluding carboxylic acids is 1. The second-order valence-electron chi connectivity index (χ2n) is 7.65. The molecule has 5 nitrogen and oxygen atoms in total. The molecule has 0 bridgehead atoms. The normalized spacial score (nSPS) is 23.9. The number of sulfonamides is 1. The number of ether oxygens (including phenoxy) is 1. The second kappa shape index (κ2) is 9.02. The van der Waals surface area contributed by atoms with Crippen LogP contribution in [0.25, 0.3) is 0 Å². The van der Waals surface area contributed by atoms with Crippen molar-refractivity contribution in [1.29, 1.82) is 0 Å². The summed E-state index contributed by atoms with van der Waals surface area (Å²) in [5.41, 5.74) is 0.772. The monoisotopic (exact) mass is 391 g/mol. The number of allylic oxidation sites excluding steroid dienone is 2. The van der Waals surface area contributed by atoms with E-state index < -0.39 is 10.0 Å². The molecule has 2 atom stereocenters. The average molecular weight is 392 g/mol. The lowest BCUT2D eigenvalue weighted by molar-refractivity contribution is -0.144. The van der Waals surface area contributed by atoms with Crippen LogP contribution in [0, 0.1) is 11.8 Å². The van der Waals surface area contributed by atoms with E-state index in [2.05, 4.69) is 19.1 Å². The Kier molecular flexibility index (Phi) is 6.71. The van der Waals surface area contributed by atoms with Crippen LogP contribution >= 0.6 is 0 Å². The Morgan fingerprint density at radius 2 is 1.74 bits per heavy atom. The number of piperidine rings is 1. The van der Waals surface area contributed by atoms with E-state index in [1.165, 1.54) is 0 Å². The van der Waals surface area contributed by atoms with Crippen LogP contribution in [0.2, 0.25) is 0 Å². The van der Waals surface area contributed by atoms with E-state index in [1.807, 2.05) is 0 Å². The molecule has 2 aliphatic rings. The molecular weight excluding hydrogens is 362 g/mol. The number of benzene rings is 1. The summed E-state index contributed by atoms with van der Waals surface area (Å²) in [6.45, 7) is 3.81. The fourth-order valence-electron chi connectivity index (χ4n) is 3.69. The first-order chi connectivity index (χ1) is 13.0. The molecule has 1 heterocycles. The predicted molar refractivity (Wildman–Crippen MR) is 105 cm³/mol. The highest BCUT2D eigenvalue weighted by atomic mass is 32.2. The van der Waals surface area contributed by atoms with E-state index in [0.717, 1.165) is 37.7 Å². The van der Waals surface area contributed by atoms with Crippen LogP contribution in [0.15, 0.2) is 41.3 Å². The summed E-state index contributed by atoms with van der Waals surface area (Å²) in [6.07, 6.45) is 9.41. The van der Waals surface area contributed by atoms with Gasteiger partial charge in [0.1, 0.15) is 0 Å². The summed E-state index contributed by atoms with van der Waals surface area (Å²) < 4.78 is 32.3. The van der Waals surface area contributed by atoms with Crippen molar-refractivity contribution < 1.29 is 17.9 Å². The topological polar surface area (TPSA) is 63.7 Å². The van der Waals surface area contributed by atoms with Gasteiger partial charge in [-0.2, -0.15) is 4.31 Å². The maximum absolute atomic E-state index is 12.7. The number of carbonyl (C=O) groups is 1. The molecule has 148 valence electrons. The van der Waals surface area contributed by atoms with Crippen molar-refractivity contribution in [3.63, 3.8) is 0 Å². The molecule has 2 unspecified atom stereocenters. The van der Waals surface area contributed by atoms with Gasteiger partial charge >= 0.3 is 5.97 Å². The number of nitrogens with zero attached hydrogens (tertiary/aromatic N) is 1. The number of hydrogen-bond acceptors (Lipinski definition) is 4. The first kappa shape index (κ1) is 20.1. The van der Waals surface area contributed by atoms with Gasteiger partial charge in [-0.25, -0.2) is 8.42 Å². The van der Waals surface area contributed by atoms with Crippen LogP contribution in [-0.2, 0) is 26.0 Å². The summed E-state index contributed by atoms with van der Waals surface area (Å²) in [5, 5.41) is 0. The van der Waals surface area contributed by atoms with Crippen LogP contribution in [0.1, 0.15) is 44.6 Å². The van der Waals surface area contributed by atoms with Gasteiger partial charge in [-0.05, 0) is 55.2 Å². The van der Waals surface area contributed by atoms with Crippen LogP contribution in [0.4, 0.5) is 0 Å². The average Bonchev–Trinajstić information content (AvgIpc) is 2.68. The Morgan fingerprint density at radius 3 is 2.41 bits per heavy atom. The summed E-state index contributed by atoms with van der Waals surface area (Å²) in [4.78, 5) is 12.4. The fourth-order valence-corrected chi connectivity index (χ4v) is 5.21. The SMILES string of the molecule is CC1CC=CCC1COC(=O)Cc1ccc(S(=O)(=O)N2CCCCC2)cc1. The lowest BCUT2D eigenvalue weighted by Crippen LogP contribution is -2.35. The molecule has 0 N–H and O–H groups in total. The van der Waals surface area contributed by atoms with Crippen molar-refractivity contribution in [2.45, 2.75) is 50.3 Å². The van der Waals surface area contributed by atoms with E-state index >= 15 is 0 Å². The van der Waals surface area contributed by atoms with Gasteiger partial charge in [0.15, 0.2) is 0 Å². The van der Waals surface area contributed by atoms with Gasteiger partial charge in [0, 0.05) is 13.1 Å². The maximum Gasteiger partial charge on any atom is 0.310 e. The molecule has 0 radical (unpaired) electrons. The highest BCUT2D eigenvalue weighted by Crippen LogP contribution is 2.25. The number of rotatable bonds is 6. The highest BCUT2D eigenvalue weighted by Gasteiger charge is 2.26. The third kappa shape index (κ3) is 5.20. The Morgan fingerprint density at radius 1 is 1.07 bits per heavy atom. The third-order valence-electron chi connectivity index (χ3n) is 5.60. The van der Waals surface area contributed by atoms with Crippen LogP contribution < -0.4 is 0 Å². The van der Waals surface area contributed by atoms with Crippen molar-refractivity contribution in [3.05, 3.63) is 42.0 Å². The Hall–Kier alpha value is -1.66. The van der Waals surface area contributed by atoms with Crippen molar-refractivity contribution in [3.8, 4) is 0 Å². The predicted octanol–water partition coefficient (Wildman–Crippen LogP) is 3.55. The molecule has 1 aliphatic heterocycles. The van der Waals surface area contributed by atoms with Crippen molar-refractivity contribution >= 4 is 16.0 Å². The summed E-state index contributed by atoms with van der Waals surface area (Å²) in [7, 11) is -3.43. The molecule has 3 rings (SSSR count). The zero-order chi connectivity index (χ0) is 19.3. The third-order valence-corrected chi connectivity index (χ3v) is 7.51. The fraction of sp³-hybridized carbons (Fsp3) is 0.571. The van der Waals surface area contributed by atoms with E-state index in [0.29, 0.717) is 36.4 Å². The van der Waals surface area contributed by atoms with E-state index in [1.54, 1.807) is 28.6 Å². The number of esters is 1. The Bertz CT molecular complexity index is 764. The molecule has 27 heavy (non-hydrogen) atoms. The van der Waals surface area contributed by atoms with Crippen LogP contribution in [-0.4, -0.2) is 38.4 Å². The molecule has 0 saturated carbocycles. The highest BCUT2D eigenvalue weighted by molar-refractivity contribution is 7.89. The van der Waals surface area contributed by atoms with Gasteiger partial charge in [0.05, 0.1) is 17.9 Å². The lowest BCUT2D eigenvalue weighted by Gasteiger charge is -2.26. The van der Waals surface area contributed by atoms with Gasteiger partial charge in [-0.3, -0.25) is 4.79 Å². The molecule has 1 aromatic rings. The van der Waals surface area contributed by atoms with Gasteiger partial charge in [-0.15, -0.1) is 0 Å². The van der Waals surface area contributed by atoms with Gasteiger partial charge in [0.25, 0.3) is 0 Å². The largest absolute Gasteiger partial charge is 0.465 e. The van der Waals surface area contributed by atoms with E-state index in [4.69, 9.17) is 4.74 Å². The number of hydrogen-bond donors (Lipinski definition) is 0. The molecule has 1 fully saturated rings. The van der Waals surface area contributed by atoms with Crippen molar-refractivity contribution in [2.75, 3.05) is 19.7 Å². The Balaban J connectivity index is 1.54. The first-order valence-electron chi connectivity index (χ1n) is 9.86. The van der Waals surface area contributed by atoms with E-state index in [-0.39, 0.29) is 12.4 Å². The first-order valence-corrected chi connectivity index (χ1v) is 11.3. The maximum atomic E-state index is 12.7. The van der Waals surface area contributed by atoms with Crippen LogP contribution in [0.3, 0.4) is 0 Å². The second-order valence-corrected chi connectivity index (χ2v) is 9.59. The quantitative estimate of drug-likeness (QED) is 0.549.